The Morgan fingerprint density at radius 3 is 1.24 bits per heavy atom. The van der Waals surface area contributed by atoms with Crippen molar-refractivity contribution in [3.05, 3.63) is 0 Å². The summed E-state index contributed by atoms with van der Waals surface area (Å²) in [6, 6.07) is 0.955. The van der Waals surface area contributed by atoms with E-state index in [0.29, 0.717) is 50.9 Å². The van der Waals surface area contributed by atoms with E-state index in [4.69, 9.17) is 36.9 Å². The van der Waals surface area contributed by atoms with Gasteiger partial charge in [0.15, 0.2) is 0 Å². The highest BCUT2D eigenvalue weighted by molar-refractivity contribution is 8.93. The van der Waals surface area contributed by atoms with Crippen molar-refractivity contribution in [3.63, 3.8) is 0 Å². The van der Waals surface area contributed by atoms with E-state index >= 15 is 0 Å². The lowest BCUT2D eigenvalue weighted by molar-refractivity contribution is -0.142. The second kappa shape index (κ2) is 39.6. The molecule has 13 N–H and O–H groups in total. The van der Waals surface area contributed by atoms with Gasteiger partial charge in [0.25, 0.3) is 0 Å². The standard InChI is InChI=1S/C17H32N2O4S.C14H23NO5.C12H24N2O2S.C6H16N2S2.BrH/c1-16(2,3)23-15(22)19-12-17(11-14(20)21)7-5-13(6-8-17)18-9-4-10-24;1-13(2,3)20-12(19)15-9-14(8-11(17)18)6-4-10(16)5-7-14;13-9-12(8-11(15)16)4-2-10(3-5-12)14-6-1-7-17;7-3-1-5-9-10-6-2-4-8;/h13,18,24H,4-12H2,1-3H3,(H,19,22)(H,20,21);4-9H2,1-3H3,(H,15,19)(H,17,18);10,14,17H,1-9,13H2,(H,15,16);1-8H2;1H. The fourth-order valence-electron chi connectivity index (χ4n) is 8.50. The number of amides is 2. The third kappa shape index (κ3) is 37.1. The number of nitrogens with two attached hydrogens (primary N) is 3. The topological polar surface area (TPSA) is 308 Å². The van der Waals surface area contributed by atoms with Crippen LogP contribution in [0.2, 0.25) is 0 Å². The van der Waals surface area contributed by atoms with E-state index in [2.05, 4.69) is 46.5 Å². The number of hydrogen-bond donors (Lipinski definition) is 12. The average molecular weight is 1170 g/mol. The molecule has 3 fully saturated rings. The highest BCUT2D eigenvalue weighted by atomic mass is 79.9. The highest BCUT2D eigenvalue weighted by Gasteiger charge is 2.39. The largest absolute Gasteiger partial charge is 0.481 e. The highest BCUT2D eigenvalue weighted by Crippen LogP contribution is 2.40. The Kier molecular flexibility index (Phi) is 39.9. The van der Waals surface area contributed by atoms with Gasteiger partial charge in [-0.15, -0.1) is 17.0 Å². The van der Waals surface area contributed by atoms with E-state index < -0.39 is 46.7 Å². The lowest BCUT2D eigenvalue weighted by Crippen LogP contribution is -2.46. The predicted molar refractivity (Wildman–Crippen MR) is 305 cm³/mol. The van der Waals surface area contributed by atoms with Crippen LogP contribution < -0.4 is 38.5 Å². The summed E-state index contributed by atoms with van der Waals surface area (Å²) >= 11 is 8.38. The molecule has 0 unspecified atom stereocenters. The maximum atomic E-state index is 11.9. The normalized spacial score (nSPS) is 21.6. The monoisotopic (exact) mass is 1170 g/mol. The van der Waals surface area contributed by atoms with Gasteiger partial charge < -0.3 is 63.3 Å². The van der Waals surface area contributed by atoms with Gasteiger partial charge in [-0.05, 0) is 192 Å². The van der Waals surface area contributed by atoms with Crippen LogP contribution in [0, 0.1) is 16.2 Å². The molecule has 0 aliphatic heterocycles. The molecule has 0 atom stereocenters. The minimum atomic E-state index is -0.912. The second-order valence-corrected chi connectivity index (χ2v) is 24.8. The number of carboxylic acid groups (broad SMARTS) is 3. The molecule has 0 aromatic heterocycles. The van der Waals surface area contributed by atoms with E-state index in [1.54, 1.807) is 41.5 Å². The fraction of sp³-hybridized carbons (Fsp3) is 0.878. The maximum absolute atomic E-state index is 11.9. The Hall–Kier alpha value is -1.70. The van der Waals surface area contributed by atoms with Crippen LogP contribution in [0.15, 0.2) is 0 Å². The van der Waals surface area contributed by atoms with Crippen molar-refractivity contribution in [1.82, 2.24) is 21.3 Å². The molecule has 2 amide bonds. The molecule has 18 nitrogen and oxygen atoms in total. The second-order valence-electron chi connectivity index (χ2n) is 21.2. The number of aliphatic carboxylic acids is 3. The number of carbonyl (C=O) groups excluding carboxylic acids is 3. The van der Waals surface area contributed by atoms with Crippen LogP contribution in [-0.4, -0.2) is 143 Å². The van der Waals surface area contributed by atoms with Gasteiger partial charge in [-0.25, -0.2) is 9.59 Å². The number of Topliss-reactive ketones (excluding diaryl/α,β-unsaturated/α-hetero) is 1. The molecule has 72 heavy (non-hydrogen) atoms. The molecule has 3 saturated carbocycles. The van der Waals surface area contributed by atoms with E-state index in [9.17, 15) is 33.9 Å². The number of ketones is 1. The van der Waals surface area contributed by atoms with Crippen molar-refractivity contribution in [2.45, 2.75) is 187 Å². The molecule has 0 heterocycles. The van der Waals surface area contributed by atoms with Crippen LogP contribution in [0.1, 0.15) is 164 Å². The lowest BCUT2D eigenvalue weighted by Gasteiger charge is -2.39. The molecule has 0 radical (unpaired) electrons. The smallest absolute Gasteiger partial charge is 0.407 e. The summed E-state index contributed by atoms with van der Waals surface area (Å²) in [5.41, 5.74) is 14.2. The molecule has 3 rings (SSSR count). The Morgan fingerprint density at radius 1 is 0.597 bits per heavy atom. The zero-order chi connectivity index (χ0) is 54.0. The first-order valence-corrected chi connectivity index (χ1v) is 29.2. The number of nitrogens with one attached hydrogen (secondary N) is 4. The van der Waals surface area contributed by atoms with Gasteiger partial charge in [0.2, 0.25) is 0 Å². The number of carboxylic acids is 3. The van der Waals surface area contributed by atoms with E-state index in [0.717, 1.165) is 115 Å². The minimum absolute atomic E-state index is 0. The molecular weight excluding hydrogens is 1070 g/mol. The molecule has 3 aliphatic rings. The van der Waals surface area contributed by atoms with Crippen molar-refractivity contribution >= 4 is 99.7 Å². The molecule has 0 aromatic rings. The van der Waals surface area contributed by atoms with Crippen LogP contribution in [-0.2, 0) is 28.7 Å². The molecule has 0 aromatic carbocycles. The summed E-state index contributed by atoms with van der Waals surface area (Å²) in [5, 5.41) is 39.6. The van der Waals surface area contributed by atoms with Gasteiger partial charge >= 0.3 is 30.1 Å². The molecular formula is C49H96BrN7O11S4. The third-order valence-corrected chi connectivity index (χ3v) is 15.7. The Labute approximate surface area is 461 Å². The zero-order valence-electron chi connectivity index (χ0n) is 44.3. The number of hydrogen-bond acceptors (Lipinski definition) is 17. The number of rotatable bonds is 26. The predicted octanol–water partition coefficient (Wildman–Crippen LogP) is 7.84. The first-order chi connectivity index (χ1) is 33.3. The first kappa shape index (κ1) is 72.4. The third-order valence-electron chi connectivity index (χ3n) is 12.5. The van der Waals surface area contributed by atoms with Crippen molar-refractivity contribution in [2.75, 3.05) is 68.8 Å². The van der Waals surface area contributed by atoms with Crippen LogP contribution >= 0.6 is 63.8 Å². The van der Waals surface area contributed by atoms with Crippen LogP contribution in [0.5, 0.6) is 0 Å². The number of ether oxygens (including phenoxy) is 2. The van der Waals surface area contributed by atoms with Crippen LogP contribution in [0.4, 0.5) is 9.59 Å². The van der Waals surface area contributed by atoms with Crippen molar-refractivity contribution in [3.8, 4) is 0 Å². The van der Waals surface area contributed by atoms with Crippen molar-refractivity contribution < 1.29 is 53.6 Å². The molecule has 0 saturated heterocycles. The minimum Gasteiger partial charge on any atom is -0.481 e. The van der Waals surface area contributed by atoms with E-state index in [1.165, 1.54) is 11.5 Å². The van der Waals surface area contributed by atoms with Crippen LogP contribution in [0.25, 0.3) is 0 Å². The summed E-state index contributed by atoms with van der Waals surface area (Å²) < 4.78 is 10.4. The maximum Gasteiger partial charge on any atom is 0.407 e. The van der Waals surface area contributed by atoms with Crippen molar-refractivity contribution in [2.24, 2.45) is 33.4 Å². The Morgan fingerprint density at radius 2 is 0.931 bits per heavy atom. The van der Waals surface area contributed by atoms with Gasteiger partial charge in [-0.2, -0.15) is 25.3 Å². The summed E-state index contributed by atoms with van der Waals surface area (Å²) in [6.45, 7) is 15.3. The number of alkyl carbamates (subject to hydrolysis) is 2. The molecule has 23 heteroatoms. The van der Waals surface area contributed by atoms with Gasteiger partial charge in [-0.3, -0.25) is 19.2 Å². The lowest BCUT2D eigenvalue weighted by atomic mass is 9.70. The van der Waals surface area contributed by atoms with E-state index in [1.807, 2.05) is 21.6 Å². The summed E-state index contributed by atoms with van der Waals surface area (Å²) in [7, 11) is 3.80. The molecule has 424 valence electrons. The van der Waals surface area contributed by atoms with Gasteiger partial charge in [0.05, 0.1) is 19.3 Å². The summed E-state index contributed by atoms with van der Waals surface area (Å²) in [5.74, 6) is 1.82. The SMILES string of the molecule is Br.CC(C)(C)OC(=O)NCC1(CC(=O)O)CCC(=O)CC1.CC(C)(C)OC(=O)NCC1(CC(=O)O)CCC(NCCCS)CC1.NCC1(CC(=O)O)CCC(NCCCS)CC1.NCCCSSCCCN. The van der Waals surface area contributed by atoms with Gasteiger partial charge in [-0.1, -0.05) is 21.6 Å². The molecule has 3 aliphatic carbocycles. The Bertz CT molecular complexity index is 1510. The summed E-state index contributed by atoms with van der Waals surface area (Å²) in [4.78, 5) is 67.9. The van der Waals surface area contributed by atoms with Crippen molar-refractivity contribution in [1.29, 1.82) is 0 Å². The summed E-state index contributed by atoms with van der Waals surface area (Å²) in [6.07, 6.45) is 12.7. The van der Waals surface area contributed by atoms with Gasteiger partial charge in [0, 0.05) is 49.5 Å². The van der Waals surface area contributed by atoms with Gasteiger partial charge in [0.1, 0.15) is 17.0 Å². The Balaban J connectivity index is 0. The molecule has 0 spiro atoms. The quantitative estimate of drug-likeness (QED) is 0.0223. The number of thiol groups is 2. The zero-order valence-corrected chi connectivity index (χ0v) is 49.5. The van der Waals surface area contributed by atoms with E-state index in [-0.39, 0.29) is 59.4 Å². The van der Waals surface area contributed by atoms with Crippen LogP contribution in [0.3, 0.4) is 0 Å². The fourth-order valence-corrected chi connectivity index (χ4v) is 11.0. The average Bonchev–Trinajstić information content (AvgIpc) is 3.28. The first-order valence-electron chi connectivity index (χ1n) is 25.4. The number of halogens is 1. The molecule has 0 bridgehead atoms. The number of carbonyl (C=O) groups is 6.